The summed E-state index contributed by atoms with van der Waals surface area (Å²) in [6.45, 7) is 3.36. The lowest BCUT2D eigenvalue weighted by Crippen LogP contribution is -2.49. The molecule has 1 unspecified atom stereocenters. The van der Waals surface area contributed by atoms with Crippen molar-refractivity contribution in [2.24, 2.45) is 5.92 Å². The van der Waals surface area contributed by atoms with Gasteiger partial charge in [-0.25, -0.2) is 4.39 Å². The van der Waals surface area contributed by atoms with Crippen LogP contribution in [0.25, 0.3) is 11.1 Å². The van der Waals surface area contributed by atoms with Crippen molar-refractivity contribution in [3.63, 3.8) is 0 Å². The molecule has 2 saturated heterocycles. The van der Waals surface area contributed by atoms with Gasteiger partial charge in [0.2, 0.25) is 5.91 Å². The van der Waals surface area contributed by atoms with Crippen LogP contribution in [-0.4, -0.2) is 89.7 Å². The van der Waals surface area contributed by atoms with Crippen molar-refractivity contribution < 1.29 is 19.1 Å². The molecule has 2 aromatic rings. The summed E-state index contributed by atoms with van der Waals surface area (Å²) in [5.74, 6) is 0.00561. The van der Waals surface area contributed by atoms with Gasteiger partial charge in [-0.15, -0.1) is 0 Å². The van der Waals surface area contributed by atoms with E-state index >= 15 is 0 Å². The third kappa shape index (κ3) is 6.43. The van der Waals surface area contributed by atoms with E-state index in [0.717, 1.165) is 55.3 Å². The minimum absolute atomic E-state index is 0.0208. The summed E-state index contributed by atoms with van der Waals surface area (Å²) in [5, 5.41) is 10.9. The van der Waals surface area contributed by atoms with Crippen molar-refractivity contribution >= 4 is 35.0 Å². The summed E-state index contributed by atoms with van der Waals surface area (Å²) >= 11 is 13.4. The third-order valence-electron chi connectivity index (χ3n) is 8.57. The Bertz CT molecular complexity index is 1160. The Balaban J connectivity index is 1.22. The molecule has 0 radical (unpaired) electrons. The Morgan fingerprint density at radius 1 is 0.897 bits per heavy atom. The number of piperazine rings is 1. The Labute approximate surface area is 239 Å². The summed E-state index contributed by atoms with van der Waals surface area (Å²) in [6.07, 6.45) is 4.28. The van der Waals surface area contributed by atoms with Gasteiger partial charge in [-0.2, -0.15) is 0 Å². The number of halogens is 3. The first-order valence-electron chi connectivity index (χ1n) is 14.0. The van der Waals surface area contributed by atoms with Crippen molar-refractivity contribution in [1.82, 2.24) is 14.7 Å². The van der Waals surface area contributed by atoms with Crippen LogP contribution in [0.5, 0.6) is 0 Å². The average Bonchev–Trinajstić information content (AvgIpc) is 3.31. The maximum absolute atomic E-state index is 13.2. The number of aliphatic hydroxyl groups excluding tert-OH is 1. The fraction of sp³-hybridized carbons (Fsp3) is 0.533. The molecule has 1 N–H and O–H groups in total. The van der Waals surface area contributed by atoms with Crippen molar-refractivity contribution in [2.75, 3.05) is 45.9 Å². The molecule has 3 fully saturated rings. The number of carbonyl (C=O) groups excluding carboxylic acids is 2. The first-order chi connectivity index (χ1) is 18.8. The minimum Gasteiger partial charge on any atom is -0.393 e. The highest BCUT2D eigenvalue weighted by molar-refractivity contribution is 6.36. The van der Waals surface area contributed by atoms with Crippen LogP contribution < -0.4 is 0 Å². The van der Waals surface area contributed by atoms with Crippen molar-refractivity contribution in [3.8, 4) is 11.1 Å². The van der Waals surface area contributed by atoms with Gasteiger partial charge in [-0.3, -0.25) is 14.5 Å². The van der Waals surface area contributed by atoms with E-state index in [1.54, 1.807) is 0 Å². The number of nitrogens with zero attached hydrogens (tertiary/aromatic N) is 3. The normalized spacial score (nSPS) is 24.4. The summed E-state index contributed by atoms with van der Waals surface area (Å²) in [6, 6.07) is 11.4. The molecule has 2 aliphatic heterocycles. The van der Waals surface area contributed by atoms with Crippen LogP contribution >= 0.6 is 23.2 Å². The number of aliphatic hydroxyl groups is 1. The number of rotatable bonds is 7. The number of carbonyl (C=O) groups is 2. The van der Waals surface area contributed by atoms with Crippen LogP contribution in [0.2, 0.25) is 10.0 Å². The van der Waals surface area contributed by atoms with E-state index < -0.39 is 0 Å². The predicted octanol–water partition coefficient (Wildman–Crippen LogP) is 5.08. The van der Waals surface area contributed by atoms with Crippen molar-refractivity contribution in [2.45, 2.75) is 50.7 Å². The van der Waals surface area contributed by atoms with Crippen LogP contribution in [-0.2, 0) is 11.2 Å². The van der Waals surface area contributed by atoms with E-state index in [4.69, 9.17) is 23.2 Å². The highest BCUT2D eigenvalue weighted by Gasteiger charge is 2.37. The number of benzene rings is 2. The van der Waals surface area contributed by atoms with Gasteiger partial charge in [0.1, 0.15) is 6.67 Å². The van der Waals surface area contributed by atoms with Crippen LogP contribution in [0.1, 0.15) is 48.0 Å². The highest BCUT2D eigenvalue weighted by atomic mass is 35.5. The molecule has 39 heavy (non-hydrogen) atoms. The lowest BCUT2D eigenvalue weighted by molar-refractivity contribution is -0.133. The van der Waals surface area contributed by atoms with Gasteiger partial charge in [0.05, 0.1) is 6.10 Å². The molecule has 2 amide bonds. The van der Waals surface area contributed by atoms with Gasteiger partial charge in [-0.1, -0.05) is 35.3 Å². The fourth-order valence-corrected chi connectivity index (χ4v) is 6.82. The smallest absolute Gasteiger partial charge is 0.253 e. The van der Waals surface area contributed by atoms with Gasteiger partial charge in [0.15, 0.2) is 0 Å². The number of amides is 2. The first kappa shape index (κ1) is 28.3. The molecule has 6 nitrogen and oxygen atoms in total. The zero-order valence-electron chi connectivity index (χ0n) is 22.1. The second kappa shape index (κ2) is 12.5. The summed E-state index contributed by atoms with van der Waals surface area (Å²) in [7, 11) is 0. The standard InChI is InChI=1S/C30H36Cl2FN3O3/c31-27-18-23(20-1-3-21(4-2-20)29(38)35-15-13-34(12-10-33)14-16-35)19-28(32)26(27)17-22-9-11-36(30(22)39)24-5-7-25(37)8-6-24/h1-4,18-19,22,24-25,37H,5-17H2. The molecule has 0 aromatic heterocycles. The van der Waals surface area contributed by atoms with Gasteiger partial charge in [-0.05, 0) is 79.5 Å². The van der Waals surface area contributed by atoms with Crippen LogP contribution in [0.4, 0.5) is 4.39 Å². The molecule has 2 heterocycles. The van der Waals surface area contributed by atoms with Crippen LogP contribution in [0.15, 0.2) is 36.4 Å². The summed E-state index contributed by atoms with van der Waals surface area (Å²) < 4.78 is 12.6. The number of alkyl halides is 1. The molecule has 1 aliphatic carbocycles. The number of hydrogen-bond acceptors (Lipinski definition) is 4. The summed E-state index contributed by atoms with van der Waals surface area (Å²) in [5.41, 5.74) is 3.16. The van der Waals surface area contributed by atoms with Gasteiger partial charge in [0.25, 0.3) is 5.91 Å². The van der Waals surface area contributed by atoms with E-state index in [-0.39, 0.29) is 36.6 Å². The number of likely N-dealkylation sites (tertiary alicyclic amines) is 1. The van der Waals surface area contributed by atoms with Gasteiger partial charge in [0, 0.05) is 66.8 Å². The molecule has 1 saturated carbocycles. The molecule has 1 atom stereocenters. The Morgan fingerprint density at radius 3 is 2.15 bits per heavy atom. The predicted molar refractivity (Wildman–Crippen MR) is 152 cm³/mol. The highest BCUT2D eigenvalue weighted by Crippen LogP contribution is 2.36. The van der Waals surface area contributed by atoms with Crippen LogP contribution in [0, 0.1) is 5.92 Å². The molecular weight excluding hydrogens is 540 g/mol. The first-order valence-corrected chi connectivity index (χ1v) is 14.7. The second-order valence-electron chi connectivity index (χ2n) is 11.0. The Kier molecular flexibility index (Phi) is 9.12. The van der Waals surface area contributed by atoms with Gasteiger partial charge >= 0.3 is 0 Å². The van der Waals surface area contributed by atoms with Crippen molar-refractivity contribution in [3.05, 3.63) is 57.6 Å². The Hall–Kier alpha value is -2.19. The molecule has 210 valence electrons. The molecule has 5 rings (SSSR count). The molecule has 9 heteroatoms. The molecule has 0 spiro atoms. The molecule has 2 aromatic carbocycles. The Morgan fingerprint density at radius 2 is 1.54 bits per heavy atom. The maximum Gasteiger partial charge on any atom is 0.253 e. The van der Waals surface area contributed by atoms with E-state index in [9.17, 15) is 19.1 Å². The van der Waals surface area contributed by atoms with E-state index in [1.807, 2.05) is 51.1 Å². The molecule has 0 bridgehead atoms. The van der Waals surface area contributed by atoms with E-state index in [0.29, 0.717) is 54.8 Å². The monoisotopic (exact) mass is 575 g/mol. The maximum atomic E-state index is 13.2. The fourth-order valence-electron chi connectivity index (χ4n) is 6.18. The largest absolute Gasteiger partial charge is 0.393 e. The SMILES string of the molecule is O=C(c1ccc(-c2cc(Cl)c(CC3CCN(C4CCC(O)CC4)C3=O)c(Cl)c2)cc1)N1CCN(CCF)CC1. The lowest BCUT2D eigenvalue weighted by atomic mass is 9.92. The van der Waals surface area contributed by atoms with Gasteiger partial charge < -0.3 is 14.9 Å². The average molecular weight is 577 g/mol. The molecule has 3 aliphatic rings. The van der Waals surface area contributed by atoms with Crippen molar-refractivity contribution in [1.29, 1.82) is 0 Å². The summed E-state index contributed by atoms with van der Waals surface area (Å²) in [4.78, 5) is 32.0. The quantitative estimate of drug-likeness (QED) is 0.500. The van der Waals surface area contributed by atoms with E-state index in [1.165, 1.54) is 0 Å². The number of hydrogen-bond donors (Lipinski definition) is 1. The zero-order valence-corrected chi connectivity index (χ0v) is 23.6. The van der Waals surface area contributed by atoms with E-state index in [2.05, 4.69) is 0 Å². The second-order valence-corrected chi connectivity index (χ2v) is 11.8. The topological polar surface area (TPSA) is 64.1 Å². The zero-order chi connectivity index (χ0) is 27.5. The minimum atomic E-state index is -0.366. The molecular formula is C30H36Cl2FN3O3. The third-order valence-corrected chi connectivity index (χ3v) is 9.25. The lowest BCUT2D eigenvalue weighted by Gasteiger charge is -2.34. The van der Waals surface area contributed by atoms with Crippen LogP contribution in [0.3, 0.4) is 0 Å².